The van der Waals surface area contributed by atoms with Gasteiger partial charge < -0.3 is 5.73 Å². The van der Waals surface area contributed by atoms with Gasteiger partial charge in [-0.15, -0.1) is 0 Å². The summed E-state index contributed by atoms with van der Waals surface area (Å²) in [4.78, 5) is 2.64. The lowest BCUT2D eigenvalue weighted by Gasteiger charge is -2.30. The highest BCUT2D eigenvalue weighted by Gasteiger charge is 2.38. The smallest absolute Gasteiger partial charge is 0.0429 e. The normalized spacial score (nSPS) is 28.0. The fourth-order valence-corrected chi connectivity index (χ4v) is 4.37. The summed E-state index contributed by atoms with van der Waals surface area (Å²) in [6.07, 6.45) is 4.25. The topological polar surface area (TPSA) is 29.3 Å². The highest BCUT2D eigenvalue weighted by Crippen LogP contribution is 2.38. The zero-order valence-electron chi connectivity index (χ0n) is 12.4. The first-order valence-electron chi connectivity index (χ1n) is 7.62. The van der Waals surface area contributed by atoms with Gasteiger partial charge in [-0.2, -0.15) is 0 Å². The van der Waals surface area contributed by atoms with Crippen LogP contribution in [0, 0.1) is 26.7 Å². The fraction of sp³-hybridized carbons (Fsp3) is 0.647. The van der Waals surface area contributed by atoms with E-state index in [1.165, 1.54) is 48.1 Å². The van der Waals surface area contributed by atoms with Crippen LogP contribution in [-0.4, -0.2) is 24.0 Å². The molecule has 104 valence electrons. The molecule has 1 aromatic carbocycles. The van der Waals surface area contributed by atoms with Crippen molar-refractivity contribution in [1.29, 1.82) is 0 Å². The Kier molecular flexibility index (Phi) is 3.40. The van der Waals surface area contributed by atoms with Crippen LogP contribution in [-0.2, 0) is 0 Å². The number of nitrogens with zero attached hydrogens (tertiary/aromatic N) is 1. The number of hydrogen-bond acceptors (Lipinski definition) is 2. The second-order valence-electron chi connectivity index (χ2n) is 6.71. The molecule has 1 aliphatic heterocycles. The molecule has 19 heavy (non-hydrogen) atoms. The third kappa shape index (κ3) is 2.44. The van der Waals surface area contributed by atoms with E-state index in [-0.39, 0.29) is 6.04 Å². The first kappa shape index (κ1) is 13.1. The fourth-order valence-electron chi connectivity index (χ4n) is 4.37. The van der Waals surface area contributed by atoms with Crippen LogP contribution in [0.2, 0.25) is 0 Å². The van der Waals surface area contributed by atoms with Crippen molar-refractivity contribution < 1.29 is 0 Å². The molecule has 2 aliphatic rings. The Balaban J connectivity index is 1.75. The minimum Gasteiger partial charge on any atom is -0.323 e. The van der Waals surface area contributed by atoms with Crippen molar-refractivity contribution in [2.75, 3.05) is 13.1 Å². The van der Waals surface area contributed by atoms with E-state index in [1.807, 2.05) is 0 Å². The van der Waals surface area contributed by atoms with Crippen molar-refractivity contribution in [3.05, 3.63) is 34.4 Å². The molecule has 3 atom stereocenters. The van der Waals surface area contributed by atoms with Crippen molar-refractivity contribution in [1.82, 2.24) is 4.90 Å². The molecule has 0 radical (unpaired) electrons. The quantitative estimate of drug-likeness (QED) is 0.902. The highest BCUT2D eigenvalue weighted by molar-refractivity contribution is 5.39. The molecule has 1 aliphatic carbocycles. The summed E-state index contributed by atoms with van der Waals surface area (Å²) in [5.74, 6) is 0.956. The third-order valence-electron chi connectivity index (χ3n) is 5.06. The Morgan fingerprint density at radius 2 is 1.89 bits per heavy atom. The highest BCUT2D eigenvalue weighted by atomic mass is 15.2. The van der Waals surface area contributed by atoms with E-state index in [9.17, 15) is 0 Å². The second kappa shape index (κ2) is 4.92. The van der Waals surface area contributed by atoms with E-state index in [2.05, 4.69) is 37.8 Å². The van der Waals surface area contributed by atoms with Crippen LogP contribution < -0.4 is 5.73 Å². The zero-order valence-corrected chi connectivity index (χ0v) is 12.4. The van der Waals surface area contributed by atoms with Crippen LogP contribution in [0.5, 0.6) is 0 Å². The molecule has 2 nitrogen and oxygen atoms in total. The predicted octanol–water partition coefficient (Wildman–Crippen LogP) is 3.10. The van der Waals surface area contributed by atoms with Gasteiger partial charge in [0.1, 0.15) is 0 Å². The third-order valence-corrected chi connectivity index (χ3v) is 5.06. The predicted molar refractivity (Wildman–Crippen MR) is 80.3 cm³/mol. The maximum atomic E-state index is 6.52. The molecule has 2 N–H and O–H groups in total. The maximum absolute atomic E-state index is 6.52. The van der Waals surface area contributed by atoms with Crippen molar-refractivity contribution in [3.8, 4) is 0 Å². The minimum absolute atomic E-state index is 0.167. The van der Waals surface area contributed by atoms with Gasteiger partial charge in [-0.25, -0.2) is 0 Å². The largest absolute Gasteiger partial charge is 0.323 e. The van der Waals surface area contributed by atoms with Gasteiger partial charge in [0.25, 0.3) is 0 Å². The molecule has 2 heteroatoms. The summed E-state index contributed by atoms with van der Waals surface area (Å²) >= 11 is 0. The van der Waals surface area contributed by atoms with E-state index in [4.69, 9.17) is 5.73 Å². The van der Waals surface area contributed by atoms with E-state index >= 15 is 0 Å². The monoisotopic (exact) mass is 258 g/mol. The molecule has 1 saturated heterocycles. The number of hydrogen-bond donors (Lipinski definition) is 1. The van der Waals surface area contributed by atoms with Gasteiger partial charge in [-0.05, 0) is 62.6 Å². The molecule has 1 saturated carbocycles. The Hall–Kier alpha value is -0.860. The van der Waals surface area contributed by atoms with Crippen LogP contribution in [0.1, 0.15) is 47.6 Å². The molecule has 0 amide bonds. The molecule has 0 aromatic heterocycles. The van der Waals surface area contributed by atoms with Crippen molar-refractivity contribution >= 4 is 0 Å². The molecule has 0 spiro atoms. The summed E-state index contributed by atoms with van der Waals surface area (Å²) in [6, 6.07) is 5.51. The molecule has 2 bridgehead atoms. The minimum atomic E-state index is 0.167. The van der Waals surface area contributed by atoms with Gasteiger partial charge in [-0.3, -0.25) is 4.90 Å². The second-order valence-corrected chi connectivity index (χ2v) is 6.71. The van der Waals surface area contributed by atoms with Crippen molar-refractivity contribution in [2.45, 2.75) is 52.1 Å². The molecule has 1 heterocycles. The Labute approximate surface area is 117 Å². The van der Waals surface area contributed by atoms with Crippen LogP contribution in [0.4, 0.5) is 0 Å². The average Bonchev–Trinajstić information content (AvgIpc) is 2.89. The first-order valence-corrected chi connectivity index (χ1v) is 7.62. The van der Waals surface area contributed by atoms with E-state index < -0.39 is 0 Å². The zero-order chi connectivity index (χ0) is 13.6. The number of benzene rings is 1. The van der Waals surface area contributed by atoms with Gasteiger partial charge in [0, 0.05) is 25.2 Å². The molecule has 2 fully saturated rings. The summed E-state index contributed by atoms with van der Waals surface area (Å²) in [5.41, 5.74) is 11.9. The van der Waals surface area contributed by atoms with Crippen molar-refractivity contribution in [2.24, 2.45) is 11.7 Å². The maximum Gasteiger partial charge on any atom is 0.0429 e. The van der Waals surface area contributed by atoms with Crippen LogP contribution in [0.25, 0.3) is 0 Å². The van der Waals surface area contributed by atoms with Gasteiger partial charge in [-0.1, -0.05) is 17.7 Å². The van der Waals surface area contributed by atoms with Gasteiger partial charge >= 0.3 is 0 Å². The molecule has 3 rings (SSSR count). The van der Waals surface area contributed by atoms with E-state index in [1.54, 1.807) is 0 Å². The summed E-state index contributed by atoms with van der Waals surface area (Å²) in [7, 11) is 0. The number of piperidine rings is 1. The van der Waals surface area contributed by atoms with Crippen LogP contribution >= 0.6 is 0 Å². The number of likely N-dealkylation sites (tertiary alicyclic amines) is 1. The summed E-state index contributed by atoms with van der Waals surface area (Å²) in [5, 5.41) is 0. The van der Waals surface area contributed by atoms with Gasteiger partial charge in [0.15, 0.2) is 0 Å². The SMILES string of the molecule is Cc1cc(C)c(C(N)CN2CC3CCC2C3)c(C)c1. The Morgan fingerprint density at radius 3 is 2.42 bits per heavy atom. The van der Waals surface area contributed by atoms with Crippen LogP contribution in [0.15, 0.2) is 12.1 Å². The first-order chi connectivity index (χ1) is 9.04. The lowest BCUT2D eigenvalue weighted by Crippen LogP contribution is -2.38. The lowest BCUT2D eigenvalue weighted by atomic mass is 9.94. The lowest BCUT2D eigenvalue weighted by molar-refractivity contribution is 0.201. The van der Waals surface area contributed by atoms with Gasteiger partial charge in [0.05, 0.1) is 0 Å². The number of nitrogens with two attached hydrogens (primary N) is 1. The Morgan fingerprint density at radius 1 is 1.21 bits per heavy atom. The summed E-state index contributed by atoms with van der Waals surface area (Å²) < 4.78 is 0. The molecule has 1 aromatic rings. The van der Waals surface area contributed by atoms with Crippen LogP contribution in [0.3, 0.4) is 0 Å². The van der Waals surface area contributed by atoms with E-state index in [0.29, 0.717) is 0 Å². The Bertz CT molecular complexity index is 457. The number of rotatable bonds is 3. The van der Waals surface area contributed by atoms with Gasteiger partial charge in [0.2, 0.25) is 0 Å². The molecular weight excluding hydrogens is 232 g/mol. The van der Waals surface area contributed by atoms with E-state index in [0.717, 1.165) is 18.5 Å². The standard InChI is InChI=1S/C17H26N2/c1-11-6-12(2)17(13(3)7-11)16(18)10-19-9-14-4-5-15(19)8-14/h6-7,14-16H,4-5,8-10,18H2,1-3H3. The number of fused-ring (bicyclic) bond motifs is 2. The molecular formula is C17H26N2. The summed E-state index contributed by atoms with van der Waals surface area (Å²) in [6.45, 7) is 8.87. The molecule has 3 unspecified atom stereocenters. The van der Waals surface area contributed by atoms with Crippen molar-refractivity contribution in [3.63, 3.8) is 0 Å². The number of aryl methyl sites for hydroxylation is 3. The average molecular weight is 258 g/mol.